The Balaban J connectivity index is 2.39. The van der Waals surface area contributed by atoms with Crippen LogP contribution in [0.2, 0.25) is 5.02 Å². The van der Waals surface area contributed by atoms with Crippen LogP contribution in [0.15, 0.2) is 46.9 Å². The zero-order valence-corrected chi connectivity index (χ0v) is 14.7. The lowest BCUT2D eigenvalue weighted by atomic mass is 9.98. The van der Waals surface area contributed by atoms with Gasteiger partial charge in [0.05, 0.1) is 12.1 Å². The lowest BCUT2D eigenvalue weighted by molar-refractivity contribution is 0.242. The summed E-state index contributed by atoms with van der Waals surface area (Å²) in [6.07, 6.45) is 0.155. The van der Waals surface area contributed by atoms with Crippen LogP contribution in [0, 0.1) is 0 Å². The number of ether oxygens (including phenoxy) is 1. The number of benzene rings is 2. The van der Waals surface area contributed by atoms with Crippen molar-refractivity contribution in [1.29, 1.82) is 0 Å². The van der Waals surface area contributed by atoms with Crippen molar-refractivity contribution in [2.45, 2.75) is 26.0 Å². The number of halogens is 2. The Morgan fingerprint density at radius 1 is 1.14 bits per heavy atom. The van der Waals surface area contributed by atoms with Gasteiger partial charge in [-0.3, -0.25) is 0 Å². The lowest BCUT2D eigenvalue weighted by Crippen LogP contribution is -2.18. The molecule has 2 nitrogen and oxygen atoms in total. The Bertz CT molecular complexity index is 615. The summed E-state index contributed by atoms with van der Waals surface area (Å²) >= 11 is 9.85. The predicted octanol–water partition coefficient (Wildman–Crippen LogP) is 5.20. The van der Waals surface area contributed by atoms with Crippen molar-refractivity contribution in [1.82, 2.24) is 5.32 Å². The van der Waals surface area contributed by atoms with Gasteiger partial charge >= 0.3 is 0 Å². The highest BCUT2D eigenvalue weighted by molar-refractivity contribution is 9.10. The quantitative estimate of drug-likeness (QED) is 0.783. The maximum absolute atomic E-state index is 6.35. The largest absolute Gasteiger partial charge is 0.491 e. The fraction of sp³-hybridized carbons (Fsp3) is 0.294. The number of rotatable bonds is 5. The number of nitrogens with one attached hydrogen (secondary N) is 1. The van der Waals surface area contributed by atoms with Crippen LogP contribution in [-0.4, -0.2) is 13.2 Å². The molecule has 2 rings (SSSR count). The third kappa shape index (κ3) is 4.22. The van der Waals surface area contributed by atoms with Crippen LogP contribution in [0.1, 0.15) is 31.0 Å². The zero-order valence-electron chi connectivity index (χ0n) is 12.4. The third-order valence-corrected chi connectivity index (χ3v) is 3.96. The first-order valence-electron chi connectivity index (χ1n) is 6.90. The van der Waals surface area contributed by atoms with Crippen molar-refractivity contribution in [3.8, 4) is 5.75 Å². The van der Waals surface area contributed by atoms with Crippen molar-refractivity contribution in [2.24, 2.45) is 0 Å². The molecule has 0 bridgehead atoms. The van der Waals surface area contributed by atoms with Gasteiger partial charge in [-0.1, -0.05) is 39.7 Å². The highest BCUT2D eigenvalue weighted by Crippen LogP contribution is 2.32. The van der Waals surface area contributed by atoms with E-state index in [1.807, 2.05) is 51.2 Å². The third-order valence-electron chi connectivity index (χ3n) is 3.12. The molecule has 21 heavy (non-hydrogen) atoms. The zero-order chi connectivity index (χ0) is 15.4. The van der Waals surface area contributed by atoms with Gasteiger partial charge in [0, 0.05) is 9.50 Å². The summed E-state index contributed by atoms with van der Waals surface area (Å²) in [5.74, 6) is 0.869. The van der Waals surface area contributed by atoms with E-state index in [2.05, 4.69) is 33.4 Å². The Kier molecular flexibility index (Phi) is 5.68. The first-order chi connectivity index (χ1) is 10.0. The molecule has 0 aromatic heterocycles. The molecule has 0 fully saturated rings. The molecule has 0 amide bonds. The lowest BCUT2D eigenvalue weighted by Gasteiger charge is -2.20. The topological polar surface area (TPSA) is 21.3 Å². The molecular weight excluding hydrogens is 350 g/mol. The van der Waals surface area contributed by atoms with E-state index in [1.165, 1.54) is 0 Å². The van der Waals surface area contributed by atoms with Gasteiger partial charge in [0.25, 0.3) is 0 Å². The van der Waals surface area contributed by atoms with E-state index in [0.29, 0.717) is 0 Å². The van der Waals surface area contributed by atoms with Crippen molar-refractivity contribution < 1.29 is 4.74 Å². The van der Waals surface area contributed by atoms with E-state index < -0.39 is 0 Å². The van der Waals surface area contributed by atoms with E-state index in [9.17, 15) is 0 Å². The molecule has 0 heterocycles. The molecule has 2 aromatic carbocycles. The average molecular weight is 369 g/mol. The summed E-state index contributed by atoms with van der Waals surface area (Å²) < 4.78 is 6.78. The Hall–Kier alpha value is -1.03. The highest BCUT2D eigenvalue weighted by atomic mass is 79.9. The summed E-state index contributed by atoms with van der Waals surface area (Å²) in [4.78, 5) is 0. The average Bonchev–Trinajstić information content (AvgIpc) is 2.43. The molecule has 1 unspecified atom stereocenters. The first kappa shape index (κ1) is 16.3. The Labute approximate surface area is 139 Å². The van der Waals surface area contributed by atoms with Gasteiger partial charge in [-0.15, -0.1) is 0 Å². The summed E-state index contributed by atoms with van der Waals surface area (Å²) in [6.45, 7) is 4.04. The summed E-state index contributed by atoms with van der Waals surface area (Å²) in [7, 11) is 1.93. The molecule has 112 valence electrons. The first-order valence-corrected chi connectivity index (χ1v) is 8.07. The van der Waals surface area contributed by atoms with Gasteiger partial charge in [0.1, 0.15) is 5.75 Å². The second-order valence-corrected chi connectivity index (χ2v) is 6.45. The highest BCUT2D eigenvalue weighted by Gasteiger charge is 2.16. The molecule has 0 aliphatic carbocycles. The number of hydrogen-bond donors (Lipinski definition) is 1. The second kappa shape index (κ2) is 7.30. The van der Waals surface area contributed by atoms with Crippen molar-refractivity contribution in [2.75, 3.05) is 7.05 Å². The van der Waals surface area contributed by atoms with Crippen molar-refractivity contribution in [3.63, 3.8) is 0 Å². The Morgan fingerprint density at radius 2 is 1.90 bits per heavy atom. The van der Waals surface area contributed by atoms with Crippen LogP contribution in [0.4, 0.5) is 0 Å². The van der Waals surface area contributed by atoms with Gasteiger partial charge in [0.15, 0.2) is 0 Å². The minimum Gasteiger partial charge on any atom is -0.491 e. The standard InChI is InChI=1S/C17H19BrClNO/c1-11(2)21-14-6-4-5-12(9-14)17(20-3)15-10-13(18)7-8-16(15)19/h4-11,17,20H,1-3H3. The molecule has 0 saturated heterocycles. The molecule has 1 N–H and O–H groups in total. The molecule has 0 aliphatic rings. The van der Waals surface area contributed by atoms with Gasteiger partial charge in [-0.05, 0) is 62.4 Å². The second-order valence-electron chi connectivity index (χ2n) is 5.13. The van der Waals surface area contributed by atoms with Gasteiger partial charge in [-0.25, -0.2) is 0 Å². The van der Waals surface area contributed by atoms with Crippen LogP contribution in [0.3, 0.4) is 0 Å². The summed E-state index contributed by atoms with van der Waals surface area (Å²) in [5.41, 5.74) is 2.16. The number of hydrogen-bond acceptors (Lipinski definition) is 2. The molecular formula is C17H19BrClNO. The molecule has 0 spiro atoms. The van der Waals surface area contributed by atoms with Crippen molar-refractivity contribution in [3.05, 3.63) is 63.1 Å². The van der Waals surface area contributed by atoms with E-state index >= 15 is 0 Å². The van der Waals surface area contributed by atoms with E-state index in [-0.39, 0.29) is 12.1 Å². The minimum absolute atomic E-state index is 0.0192. The normalized spacial score (nSPS) is 12.5. The SMILES string of the molecule is CNC(c1cccc(OC(C)C)c1)c1cc(Br)ccc1Cl. The van der Waals surface area contributed by atoms with E-state index in [4.69, 9.17) is 16.3 Å². The van der Waals surface area contributed by atoms with Gasteiger partial charge in [-0.2, -0.15) is 0 Å². The van der Waals surface area contributed by atoms with E-state index in [0.717, 1.165) is 26.4 Å². The van der Waals surface area contributed by atoms with Gasteiger partial charge in [0.2, 0.25) is 0 Å². The van der Waals surface area contributed by atoms with Crippen LogP contribution < -0.4 is 10.1 Å². The summed E-state index contributed by atoms with van der Waals surface area (Å²) in [5, 5.41) is 4.07. The molecule has 2 aromatic rings. The molecule has 1 atom stereocenters. The Morgan fingerprint density at radius 3 is 2.57 bits per heavy atom. The van der Waals surface area contributed by atoms with Crippen molar-refractivity contribution >= 4 is 27.5 Å². The fourth-order valence-corrected chi connectivity index (χ4v) is 2.88. The minimum atomic E-state index is 0.0192. The smallest absolute Gasteiger partial charge is 0.120 e. The maximum Gasteiger partial charge on any atom is 0.120 e. The maximum atomic E-state index is 6.35. The van der Waals surface area contributed by atoms with Crippen LogP contribution in [0.5, 0.6) is 5.75 Å². The monoisotopic (exact) mass is 367 g/mol. The predicted molar refractivity (Wildman–Crippen MR) is 92.3 cm³/mol. The molecule has 4 heteroatoms. The van der Waals surface area contributed by atoms with Crippen LogP contribution in [0.25, 0.3) is 0 Å². The fourth-order valence-electron chi connectivity index (χ4n) is 2.28. The van der Waals surface area contributed by atoms with Crippen LogP contribution >= 0.6 is 27.5 Å². The van der Waals surface area contributed by atoms with Crippen LogP contribution in [-0.2, 0) is 0 Å². The van der Waals surface area contributed by atoms with Gasteiger partial charge < -0.3 is 10.1 Å². The molecule has 0 saturated carbocycles. The summed E-state index contributed by atoms with van der Waals surface area (Å²) in [6, 6.07) is 14.0. The molecule has 0 aliphatic heterocycles. The molecule has 0 radical (unpaired) electrons. The van der Waals surface area contributed by atoms with E-state index in [1.54, 1.807) is 0 Å².